The highest BCUT2D eigenvalue weighted by Crippen LogP contribution is 2.29. The Morgan fingerprint density at radius 1 is 1.07 bits per heavy atom. The number of benzene rings is 2. The van der Waals surface area contributed by atoms with E-state index in [0.717, 1.165) is 5.56 Å². The summed E-state index contributed by atoms with van der Waals surface area (Å²) >= 11 is 0. The molecule has 7 nitrogen and oxygen atoms in total. The van der Waals surface area contributed by atoms with Gasteiger partial charge >= 0.3 is 0 Å². The lowest BCUT2D eigenvalue weighted by atomic mass is 10.2. The zero-order valence-electron chi connectivity index (χ0n) is 14.9. The summed E-state index contributed by atoms with van der Waals surface area (Å²) in [6, 6.07) is 11.4. The number of hydrogen-bond donors (Lipinski definition) is 2. The monoisotopic (exact) mass is 395 g/mol. The molecule has 1 atom stereocenters. The summed E-state index contributed by atoms with van der Waals surface area (Å²) in [6.07, 6.45) is 0. The van der Waals surface area contributed by atoms with E-state index >= 15 is 0 Å². The maximum Gasteiger partial charge on any atom is 0.241 e. The summed E-state index contributed by atoms with van der Waals surface area (Å²) in [5, 5.41) is 2.51. The first kappa shape index (κ1) is 20.7. The zero-order valence-corrected chi connectivity index (χ0v) is 15.8. The van der Waals surface area contributed by atoms with Crippen LogP contribution in [0.5, 0.6) is 11.5 Å². The molecule has 0 heterocycles. The SMILES string of the molecule is COc1ccc(S(=O)(=O)NC(C[18F])C(=O)NCc2ccccc2)cc1OC. The van der Waals surface area contributed by atoms with Crippen LogP contribution in [0, 0.1) is 0 Å². The van der Waals surface area contributed by atoms with Gasteiger partial charge in [-0.3, -0.25) is 4.79 Å². The average molecular weight is 395 g/mol. The fraction of sp³-hybridized carbons (Fsp3) is 0.278. The number of halogens is 1. The first-order valence-corrected chi connectivity index (χ1v) is 9.51. The highest BCUT2D eigenvalue weighted by atomic mass is 32.2. The highest BCUT2D eigenvalue weighted by molar-refractivity contribution is 7.89. The van der Waals surface area contributed by atoms with Gasteiger partial charge in [0.05, 0.1) is 19.1 Å². The van der Waals surface area contributed by atoms with Crippen LogP contribution < -0.4 is 19.5 Å². The van der Waals surface area contributed by atoms with Crippen LogP contribution in [0.1, 0.15) is 5.56 Å². The number of rotatable bonds is 9. The summed E-state index contributed by atoms with van der Waals surface area (Å²) in [7, 11) is -1.36. The number of carbonyl (C=O) groups excluding carboxylic acids is 1. The van der Waals surface area contributed by atoms with Gasteiger partial charge in [-0.15, -0.1) is 0 Å². The summed E-state index contributed by atoms with van der Waals surface area (Å²) in [5.41, 5.74) is 0.811. The Labute approximate surface area is 157 Å². The number of nitrogens with one attached hydrogen (secondary N) is 2. The molecule has 27 heavy (non-hydrogen) atoms. The highest BCUT2D eigenvalue weighted by Gasteiger charge is 2.26. The van der Waals surface area contributed by atoms with Gasteiger partial charge in [0.25, 0.3) is 0 Å². The van der Waals surface area contributed by atoms with Gasteiger partial charge in [0.2, 0.25) is 15.9 Å². The van der Waals surface area contributed by atoms with Gasteiger partial charge in [0.1, 0.15) is 12.7 Å². The van der Waals surface area contributed by atoms with E-state index in [1.165, 1.54) is 32.4 Å². The van der Waals surface area contributed by atoms with Crippen LogP contribution in [0.4, 0.5) is 4.39 Å². The molecule has 1 amide bonds. The molecule has 0 aliphatic heterocycles. The number of carbonyl (C=O) groups is 1. The Bertz CT molecular complexity index is 875. The number of hydrogen-bond acceptors (Lipinski definition) is 5. The third-order valence-corrected chi connectivity index (χ3v) is 5.21. The number of sulfonamides is 1. The van der Waals surface area contributed by atoms with E-state index in [-0.39, 0.29) is 17.2 Å². The second-order valence-electron chi connectivity index (χ2n) is 5.55. The van der Waals surface area contributed by atoms with E-state index in [1.807, 2.05) is 6.07 Å². The van der Waals surface area contributed by atoms with Crippen LogP contribution in [-0.2, 0) is 21.4 Å². The molecule has 0 saturated heterocycles. The van der Waals surface area contributed by atoms with Gasteiger partial charge in [-0.1, -0.05) is 30.3 Å². The second-order valence-corrected chi connectivity index (χ2v) is 7.26. The molecule has 0 radical (unpaired) electrons. The van der Waals surface area contributed by atoms with Crippen molar-refractivity contribution < 1.29 is 27.1 Å². The molecule has 2 aromatic rings. The lowest BCUT2D eigenvalue weighted by molar-refractivity contribution is -0.123. The predicted molar refractivity (Wildman–Crippen MR) is 97.9 cm³/mol. The van der Waals surface area contributed by atoms with Gasteiger partial charge in [-0.2, -0.15) is 4.72 Å². The van der Waals surface area contributed by atoms with Crippen molar-refractivity contribution in [2.75, 3.05) is 20.9 Å². The molecule has 0 aliphatic rings. The lowest BCUT2D eigenvalue weighted by Crippen LogP contribution is -2.47. The van der Waals surface area contributed by atoms with Crippen LogP contribution in [0.15, 0.2) is 53.4 Å². The molecule has 0 fully saturated rings. The largest absolute Gasteiger partial charge is 0.493 e. The summed E-state index contributed by atoms with van der Waals surface area (Å²) in [5.74, 6) is -0.213. The molecule has 0 aliphatic carbocycles. The Morgan fingerprint density at radius 2 is 1.74 bits per heavy atom. The Hall–Kier alpha value is -2.65. The molecule has 9 heteroatoms. The van der Waals surface area contributed by atoms with Crippen LogP contribution in [0.3, 0.4) is 0 Å². The maximum absolute atomic E-state index is 13.3. The number of amides is 1. The van der Waals surface area contributed by atoms with Crippen molar-refractivity contribution >= 4 is 15.9 Å². The second kappa shape index (κ2) is 9.33. The van der Waals surface area contributed by atoms with Crippen molar-refractivity contribution in [2.24, 2.45) is 0 Å². The van der Waals surface area contributed by atoms with E-state index in [2.05, 4.69) is 10.0 Å². The molecule has 0 aromatic heterocycles. The van der Waals surface area contributed by atoms with E-state index in [1.54, 1.807) is 24.3 Å². The van der Waals surface area contributed by atoms with Crippen molar-refractivity contribution in [1.29, 1.82) is 0 Å². The van der Waals surface area contributed by atoms with Crippen LogP contribution >= 0.6 is 0 Å². The van der Waals surface area contributed by atoms with E-state index in [0.29, 0.717) is 5.75 Å². The zero-order chi connectivity index (χ0) is 19.9. The molecular formula is C18H21FN2O5S. The number of methoxy groups -OCH3 is 2. The van der Waals surface area contributed by atoms with Crippen LogP contribution in [0.25, 0.3) is 0 Å². The molecule has 0 spiro atoms. The van der Waals surface area contributed by atoms with Crippen LogP contribution in [0.2, 0.25) is 0 Å². The van der Waals surface area contributed by atoms with Crippen molar-refractivity contribution in [3.63, 3.8) is 0 Å². The average Bonchev–Trinajstić information content (AvgIpc) is 2.70. The minimum atomic E-state index is -4.14. The summed E-state index contributed by atoms with van der Waals surface area (Å²) in [4.78, 5) is 12.0. The fourth-order valence-electron chi connectivity index (χ4n) is 2.30. The topological polar surface area (TPSA) is 93.7 Å². The molecule has 0 saturated carbocycles. The molecule has 146 valence electrons. The van der Waals surface area contributed by atoms with Gasteiger partial charge in [-0.05, 0) is 17.7 Å². The first-order chi connectivity index (χ1) is 12.9. The standard InChI is InChI=1S/C18H21FN2O5S/c1-25-16-9-8-14(10-17(16)26-2)27(23,24)21-15(11-19)18(22)20-12-13-6-4-3-5-7-13/h3-10,15,21H,11-12H2,1-2H3,(H,20,22)/i19-1. The minimum Gasteiger partial charge on any atom is -0.493 e. The van der Waals surface area contributed by atoms with E-state index in [4.69, 9.17) is 9.47 Å². The van der Waals surface area contributed by atoms with Crippen molar-refractivity contribution in [3.8, 4) is 11.5 Å². The van der Waals surface area contributed by atoms with Gasteiger partial charge in [-0.25, -0.2) is 12.8 Å². The van der Waals surface area contributed by atoms with Crippen molar-refractivity contribution in [1.82, 2.24) is 10.0 Å². The van der Waals surface area contributed by atoms with Crippen molar-refractivity contribution in [3.05, 3.63) is 54.1 Å². The Morgan fingerprint density at radius 3 is 2.33 bits per heavy atom. The molecule has 2 rings (SSSR count). The fourth-order valence-corrected chi connectivity index (χ4v) is 3.49. The minimum absolute atomic E-state index is 0.161. The lowest BCUT2D eigenvalue weighted by Gasteiger charge is -2.16. The van der Waals surface area contributed by atoms with Gasteiger partial charge < -0.3 is 14.8 Å². The first-order valence-electron chi connectivity index (χ1n) is 8.03. The van der Waals surface area contributed by atoms with Gasteiger partial charge in [0.15, 0.2) is 11.5 Å². The molecule has 0 bridgehead atoms. The summed E-state index contributed by atoms with van der Waals surface area (Å²) < 4.78 is 50.5. The van der Waals surface area contributed by atoms with Gasteiger partial charge in [0, 0.05) is 12.6 Å². The molecule has 1 unspecified atom stereocenters. The van der Waals surface area contributed by atoms with Crippen molar-refractivity contribution in [2.45, 2.75) is 17.5 Å². The Balaban J connectivity index is 2.10. The molecule has 2 aromatic carbocycles. The van der Waals surface area contributed by atoms with E-state index in [9.17, 15) is 17.6 Å². The number of alkyl halides is 1. The molecular weight excluding hydrogens is 374 g/mol. The summed E-state index contributed by atoms with van der Waals surface area (Å²) in [6.45, 7) is -1.03. The Kier molecular flexibility index (Phi) is 7.14. The third kappa shape index (κ3) is 5.41. The third-order valence-electron chi connectivity index (χ3n) is 3.74. The smallest absolute Gasteiger partial charge is 0.241 e. The predicted octanol–water partition coefficient (Wildman–Crippen LogP) is 1.64. The maximum atomic E-state index is 13.3. The normalized spacial score (nSPS) is 12.3. The number of ether oxygens (including phenoxy) is 2. The van der Waals surface area contributed by atoms with E-state index < -0.39 is 28.6 Å². The molecule has 2 N–H and O–H groups in total. The quantitative estimate of drug-likeness (QED) is 0.673. The van der Waals surface area contributed by atoms with Crippen LogP contribution in [-0.4, -0.2) is 41.3 Å².